The molecule has 1 aromatic rings. The Labute approximate surface area is 89.3 Å². The summed E-state index contributed by atoms with van der Waals surface area (Å²) in [5, 5.41) is 5.77. The summed E-state index contributed by atoms with van der Waals surface area (Å²) >= 11 is 1.84. The van der Waals surface area contributed by atoms with Crippen molar-refractivity contribution in [3.05, 3.63) is 21.9 Å². The van der Waals surface area contributed by atoms with Gasteiger partial charge in [0.2, 0.25) is 0 Å². The minimum atomic E-state index is 0.460. The minimum Gasteiger partial charge on any atom is -0.380 e. The Kier molecular flexibility index (Phi) is 3.21. The van der Waals surface area contributed by atoms with Gasteiger partial charge in [-0.2, -0.15) is 0 Å². The van der Waals surface area contributed by atoms with E-state index in [1.165, 1.54) is 10.4 Å². The molecule has 3 heteroatoms. The van der Waals surface area contributed by atoms with E-state index in [-0.39, 0.29) is 0 Å². The predicted molar refractivity (Wildman–Crippen MR) is 59.8 cm³/mol. The molecule has 1 fully saturated rings. The highest BCUT2D eigenvalue weighted by Gasteiger charge is 2.19. The molecule has 1 aliphatic heterocycles. The molecule has 0 radical (unpaired) electrons. The number of thiophene rings is 1. The van der Waals surface area contributed by atoms with Crippen LogP contribution >= 0.6 is 11.3 Å². The maximum absolute atomic E-state index is 5.35. The molecule has 1 N–H and O–H groups in total. The van der Waals surface area contributed by atoms with E-state index in [9.17, 15) is 0 Å². The van der Waals surface area contributed by atoms with Crippen molar-refractivity contribution in [2.45, 2.75) is 32.4 Å². The van der Waals surface area contributed by atoms with E-state index in [4.69, 9.17) is 4.74 Å². The highest BCUT2D eigenvalue weighted by atomic mass is 32.1. The lowest BCUT2D eigenvalue weighted by Crippen LogP contribution is -2.31. The van der Waals surface area contributed by atoms with E-state index in [2.05, 4.69) is 30.6 Å². The summed E-state index contributed by atoms with van der Waals surface area (Å²) in [4.78, 5) is 1.46. The van der Waals surface area contributed by atoms with Gasteiger partial charge in [0.1, 0.15) is 0 Å². The fourth-order valence-electron chi connectivity index (χ4n) is 1.92. The molecule has 1 aromatic heterocycles. The van der Waals surface area contributed by atoms with Gasteiger partial charge in [0, 0.05) is 23.6 Å². The molecule has 0 aromatic carbocycles. The van der Waals surface area contributed by atoms with Gasteiger partial charge in [0.05, 0.1) is 6.61 Å². The molecule has 1 saturated heterocycles. The summed E-state index contributed by atoms with van der Waals surface area (Å²) in [6.45, 7) is 6.19. The van der Waals surface area contributed by atoms with Gasteiger partial charge in [-0.15, -0.1) is 11.3 Å². The number of ether oxygens (including phenoxy) is 1. The first kappa shape index (κ1) is 10.1. The third-order valence-electron chi connectivity index (χ3n) is 2.71. The van der Waals surface area contributed by atoms with Gasteiger partial charge >= 0.3 is 0 Å². The minimum absolute atomic E-state index is 0.460. The Morgan fingerprint density at radius 3 is 3.07 bits per heavy atom. The summed E-state index contributed by atoms with van der Waals surface area (Å²) in [5.74, 6) is 0. The summed E-state index contributed by atoms with van der Waals surface area (Å²) in [6, 6.07) is 3.19. The van der Waals surface area contributed by atoms with E-state index >= 15 is 0 Å². The monoisotopic (exact) mass is 211 g/mol. The van der Waals surface area contributed by atoms with Crippen LogP contribution in [0.3, 0.4) is 0 Å². The summed E-state index contributed by atoms with van der Waals surface area (Å²) in [6.07, 6.45) is 1.15. The average Bonchev–Trinajstić information content (AvgIpc) is 2.75. The van der Waals surface area contributed by atoms with Gasteiger partial charge in [0.25, 0.3) is 0 Å². The van der Waals surface area contributed by atoms with Crippen LogP contribution in [-0.4, -0.2) is 19.3 Å². The van der Waals surface area contributed by atoms with Gasteiger partial charge < -0.3 is 10.1 Å². The molecule has 0 saturated carbocycles. The van der Waals surface area contributed by atoms with Crippen LogP contribution in [0.1, 0.15) is 29.8 Å². The topological polar surface area (TPSA) is 21.3 Å². The van der Waals surface area contributed by atoms with E-state index in [1.807, 2.05) is 11.3 Å². The predicted octanol–water partition coefficient (Wildman–Crippen LogP) is 2.50. The number of aryl methyl sites for hydroxylation is 1. The highest BCUT2D eigenvalue weighted by Crippen LogP contribution is 2.24. The summed E-state index contributed by atoms with van der Waals surface area (Å²) in [5.41, 5.74) is 1.40. The van der Waals surface area contributed by atoms with Crippen LogP contribution in [0.15, 0.2) is 11.4 Å². The largest absolute Gasteiger partial charge is 0.380 e. The summed E-state index contributed by atoms with van der Waals surface area (Å²) in [7, 11) is 0. The molecular weight excluding hydrogens is 194 g/mol. The lowest BCUT2D eigenvalue weighted by molar-refractivity contribution is 0.188. The Hall–Kier alpha value is -0.380. The molecular formula is C11H17NOS. The van der Waals surface area contributed by atoms with Gasteiger partial charge in [0.15, 0.2) is 0 Å². The van der Waals surface area contributed by atoms with Crippen molar-refractivity contribution in [2.24, 2.45) is 0 Å². The maximum Gasteiger partial charge on any atom is 0.0620 e. The quantitative estimate of drug-likeness (QED) is 0.829. The zero-order chi connectivity index (χ0) is 9.97. The van der Waals surface area contributed by atoms with Crippen molar-refractivity contribution < 1.29 is 4.74 Å². The van der Waals surface area contributed by atoms with E-state index in [1.54, 1.807) is 0 Å². The second kappa shape index (κ2) is 4.43. The SMILES string of the molecule is Cc1ccsc1C(C)NC1CCOC1. The van der Waals surface area contributed by atoms with Gasteiger partial charge in [-0.05, 0) is 37.3 Å². The van der Waals surface area contributed by atoms with E-state index < -0.39 is 0 Å². The Balaban J connectivity index is 1.95. The van der Waals surface area contributed by atoms with Crippen LogP contribution in [-0.2, 0) is 4.74 Å². The van der Waals surface area contributed by atoms with Gasteiger partial charge in [-0.1, -0.05) is 0 Å². The van der Waals surface area contributed by atoms with Crippen LogP contribution in [0.4, 0.5) is 0 Å². The molecule has 2 unspecified atom stereocenters. The maximum atomic E-state index is 5.35. The number of nitrogens with one attached hydrogen (secondary N) is 1. The first-order valence-corrected chi connectivity index (χ1v) is 6.03. The first-order valence-electron chi connectivity index (χ1n) is 5.15. The molecule has 0 bridgehead atoms. The smallest absolute Gasteiger partial charge is 0.0620 e. The van der Waals surface area contributed by atoms with Crippen molar-refractivity contribution in [1.29, 1.82) is 0 Å². The molecule has 0 amide bonds. The zero-order valence-electron chi connectivity index (χ0n) is 8.75. The molecule has 0 aliphatic carbocycles. The zero-order valence-corrected chi connectivity index (χ0v) is 9.56. The van der Waals surface area contributed by atoms with Gasteiger partial charge in [-0.3, -0.25) is 0 Å². The van der Waals surface area contributed by atoms with Crippen LogP contribution in [0, 0.1) is 6.92 Å². The van der Waals surface area contributed by atoms with Crippen molar-refractivity contribution in [2.75, 3.05) is 13.2 Å². The Bertz CT molecular complexity index is 291. The first-order chi connectivity index (χ1) is 6.77. The number of rotatable bonds is 3. The lowest BCUT2D eigenvalue weighted by atomic mass is 10.1. The molecule has 1 aliphatic rings. The molecule has 14 heavy (non-hydrogen) atoms. The molecule has 2 nitrogen and oxygen atoms in total. The average molecular weight is 211 g/mol. The van der Waals surface area contributed by atoms with Crippen molar-refractivity contribution in [1.82, 2.24) is 5.32 Å². The van der Waals surface area contributed by atoms with Crippen LogP contribution in [0.5, 0.6) is 0 Å². The Morgan fingerprint density at radius 2 is 2.50 bits per heavy atom. The summed E-state index contributed by atoms with van der Waals surface area (Å²) < 4.78 is 5.35. The van der Waals surface area contributed by atoms with E-state index in [0.717, 1.165) is 19.6 Å². The highest BCUT2D eigenvalue weighted by molar-refractivity contribution is 7.10. The second-order valence-electron chi connectivity index (χ2n) is 3.92. The third kappa shape index (κ3) is 2.16. The van der Waals surface area contributed by atoms with Crippen LogP contribution in [0.2, 0.25) is 0 Å². The van der Waals surface area contributed by atoms with Crippen LogP contribution in [0.25, 0.3) is 0 Å². The third-order valence-corrected chi connectivity index (χ3v) is 3.91. The normalized spacial score (nSPS) is 24.0. The second-order valence-corrected chi connectivity index (χ2v) is 4.86. The Morgan fingerprint density at radius 1 is 1.64 bits per heavy atom. The fraction of sp³-hybridized carbons (Fsp3) is 0.636. The van der Waals surface area contributed by atoms with Crippen molar-refractivity contribution in [3.8, 4) is 0 Å². The molecule has 0 spiro atoms. The molecule has 2 rings (SSSR count). The number of hydrogen-bond donors (Lipinski definition) is 1. The fourth-order valence-corrected chi connectivity index (χ4v) is 2.87. The van der Waals surface area contributed by atoms with Gasteiger partial charge in [-0.25, -0.2) is 0 Å². The van der Waals surface area contributed by atoms with Crippen molar-refractivity contribution >= 4 is 11.3 Å². The molecule has 2 atom stereocenters. The molecule has 78 valence electrons. The van der Waals surface area contributed by atoms with E-state index in [0.29, 0.717) is 12.1 Å². The molecule has 2 heterocycles. The number of hydrogen-bond acceptors (Lipinski definition) is 3. The van der Waals surface area contributed by atoms with Crippen LogP contribution < -0.4 is 5.32 Å². The van der Waals surface area contributed by atoms with Crippen molar-refractivity contribution in [3.63, 3.8) is 0 Å². The lowest BCUT2D eigenvalue weighted by Gasteiger charge is -2.17. The standard InChI is InChI=1S/C11H17NOS/c1-8-4-6-14-11(8)9(2)12-10-3-5-13-7-10/h4,6,9-10,12H,3,5,7H2,1-2H3.